The highest BCUT2D eigenvalue weighted by Gasteiger charge is 2.07. The maximum Gasteiger partial charge on any atom is 0.224 e. The molecule has 0 saturated heterocycles. The van der Waals surface area contributed by atoms with Crippen LogP contribution in [0.2, 0.25) is 0 Å². The molecule has 98 valence electrons. The molecule has 0 aromatic carbocycles. The molecule has 3 aromatic rings. The van der Waals surface area contributed by atoms with Gasteiger partial charge in [0.2, 0.25) is 5.95 Å². The summed E-state index contributed by atoms with van der Waals surface area (Å²) >= 11 is 1.67. The number of hydrogen-bond donors (Lipinski definition) is 3. The summed E-state index contributed by atoms with van der Waals surface area (Å²) in [5, 5.41) is 14.0. The molecule has 3 aromatic heterocycles. The number of fused-ring (bicyclic) bond motifs is 1. The van der Waals surface area contributed by atoms with Crippen molar-refractivity contribution in [1.29, 1.82) is 0 Å². The van der Waals surface area contributed by atoms with E-state index in [2.05, 4.69) is 30.5 Å². The van der Waals surface area contributed by atoms with E-state index in [4.69, 9.17) is 5.73 Å². The van der Waals surface area contributed by atoms with Crippen molar-refractivity contribution in [3.05, 3.63) is 22.3 Å². The van der Waals surface area contributed by atoms with Crippen LogP contribution in [0.3, 0.4) is 0 Å². The van der Waals surface area contributed by atoms with Crippen LogP contribution in [-0.4, -0.2) is 31.7 Å². The van der Waals surface area contributed by atoms with Gasteiger partial charge in [-0.05, 0) is 6.92 Å². The van der Waals surface area contributed by atoms with Crippen LogP contribution in [0.1, 0.15) is 10.7 Å². The van der Waals surface area contributed by atoms with Gasteiger partial charge < -0.3 is 11.1 Å². The Morgan fingerprint density at radius 2 is 2.26 bits per heavy atom. The Morgan fingerprint density at radius 1 is 1.37 bits per heavy atom. The monoisotopic (exact) mass is 275 g/mol. The molecule has 0 aliphatic carbocycles. The van der Waals surface area contributed by atoms with E-state index in [1.54, 1.807) is 17.5 Å². The zero-order valence-corrected chi connectivity index (χ0v) is 11.2. The fourth-order valence-electron chi connectivity index (χ4n) is 1.79. The highest BCUT2D eigenvalue weighted by molar-refractivity contribution is 7.09. The number of thiazole rings is 1. The van der Waals surface area contributed by atoms with Crippen LogP contribution in [-0.2, 0) is 6.42 Å². The van der Waals surface area contributed by atoms with Gasteiger partial charge in [0.1, 0.15) is 5.82 Å². The van der Waals surface area contributed by atoms with Crippen molar-refractivity contribution in [2.24, 2.45) is 0 Å². The van der Waals surface area contributed by atoms with Crippen LogP contribution in [0.5, 0.6) is 0 Å². The SMILES string of the molecule is Cc1csc(CCNc2nc(N)nc3[nH]ncc23)n1. The molecule has 0 aliphatic rings. The molecule has 7 nitrogen and oxygen atoms in total. The number of aryl methyl sites for hydroxylation is 1. The Balaban J connectivity index is 1.73. The highest BCUT2D eigenvalue weighted by Crippen LogP contribution is 2.18. The molecule has 0 bridgehead atoms. The van der Waals surface area contributed by atoms with E-state index in [-0.39, 0.29) is 5.95 Å². The quantitative estimate of drug-likeness (QED) is 0.664. The van der Waals surface area contributed by atoms with E-state index >= 15 is 0 Å². The van der Waals surface area contributed by atoms with Gasteiger partial charge in [-0.15, -0.1) is 11.3 Å². The van der Waals surface area contributed by atoms with E-state index in [9.17, 15) is 0 Å². The van der Waals surface area contributed by atoms with Gasteiger partial charge in [0.15, 0.2) is 5.65 Å². The van der Waals surface area contributed by atoms with Gasteiger partial charge >= 0.3 is 0 Å². The summed E-state index contributed by atoms with van der Waals surface area (Å²) in [6.07, 6.45) is 2.53. The maximum atomic E-state index is 5.65. The molecule has 0 spiro atoms. The van der Waals surface area contributed by atoms with Crippen molar-refractivity contribution >= 4 is 34.1 Å². The van der Waals surface area contributed by atoms with E-state index in [0.29, 0.717) is 11.5 Å². The van der Waals surface area contributed by atoms with Gasteiger partial charge in [-0.25, -0.2) is 4.98 Å². The minimum Gasteiger partial charge on any atom is -0.369 e. The lowest BCUT2D eigenvalue weighted by atomic mass is 10.3. The molecule has 0 atom stereocenters. The summed E-state index contributed by atoms with van der Waals surface area (Å²) in [5.74, 6) is 0.925. The average Bonchev–Trinajstić information content (AvgIpc) is 2.98. The van der Waals surface area contributed by atoms with Crippen LogP contribution >= 0.6 is 11.3 Å². The van der Waals surface area contributed by atoms with E-state index < -0.39 is 0 Å². The number of aromatic nitrogens is 5. The second-order valence-corrected chi connectivity index (χ2v) is 5.06. The Hall–Kier alpha value is -2.22. The highest BCUT2D eigenvalue weighted by atomic mass is 32.1. The fraction of sp³-hybridized carbons (Fsp3) is 0.273. The molecule has 0 unspecified atom stereocenters. The number of nitrogen functional groups attached to an aromatic ring is 1. The first-order valence-electron chi connectivity index (χ1n) is 5.84. The number of nitrogens with zero attached hydrogens (tertiary/aromatic N) is 4. The Kier molecular flexibility index (Phi) is 3.00. The third-order valence-electron chi connectivity index (χ3n) is 2.62. The lowest BCUT2D eigenvalue weighted by Gasteiger charge is -2.05. The van der Waals surface area contributed by atoms with E-state index in [1.807, 2.05) is 12.3 Å². The van der Waals surface area contributed by atoms with Gasteiger partial charge in [0.25, 0.3) is 0 Å². The smallest absolute Gasteiger partial charge is 0.224 e. The van der Waals surface area contributed by atoms with E-state index in [1.165, 1.54) is 0 Å². The molecule has 19 heavy (non-hydrogen) atoms. The van der Waals surface area contributed by atoms with Crippen LogP contribution in [0.25, 0.3) is 11.0 Å². The topological polar surface area (TPSA) is 105 Å². The summed E-state index contributed by atoms with van der Waals surface area (Å²) in [6.45, 7) is 2.73. The van der Waals surface area contributed by atoms with Crippen molar-refractivity contribution < 1.29 is 0 Å². The Morgan fingerprint density at radius 3 is 3.05 bits per heavy atom. The molecule has 0 amide bonds. The van der Waals surface area contributed by atoms with Crippen LogP contribution in [0.4, 0.5) is 11.8 Å². The van der Waals surface area contributed by atoms with Crippen molar-refractivity contribution in [1.82, 2.24) is 25.1 Å². The first-order chi connectivity index (χ1) is 9.22. The number of H-pyrrole nitrogens is 1. The largest absolute Gasteiger partial charge is 0.369 e. The molecule has 3 heterocycles. The minimum absolute atomic E-state index is 0.226. The zero-order chi connectivity index (χ0) is 13.2. The van der Waals surface area contributed by atoms with Gasteiger partial charge in [-0.1, -0.05) is 0 Å². The molecule has 0 fully saturated rings. The fourth-order valence-corrected chi connectivity index (χ4v) is 2.57. The van der Waals surface area contributed by atoms with Gasteiger partial charge in [-0.3, -0.25) is 5.10 Å². The minimum atomic E-state index is 0.226. The van der Waals surface area contributed by atoms with Gasteiger partial charge in [0.05, 0.1) is 16.6 Å². The number of nitrogens with two attached hydrogens (primary N) is 1. The molecular weight excluding hydrogens is 262 g/mol. The molecule has 0 saturated carbocycles. The van der Waals surface area contributed by atoms with Crippen LogP contribution < -0.4 is 11.1 Å². The molecule has 8 heteroatoms. The third kappa shape index (κ3) is 2.48. The van der Waals surface area contributed by atoms with Crippen molar-refractivity contribution in [3.63, 3.8) is 0 Å². The summed E-state index contributed by atoms with van der Waals surface area (Å²) in [4.78, 5) is 12.7. The van der Waals surface area contributed by atoms with Crippen LogP contribution in [0, 0.1) is 6.92 Å². The molecule has 0 aliphatic heterocycles. The van der Waals surface area contributed by atoms with Crippen molar-refractivity contribution in [2.75, 3.05) is 17.6 Å². The lowest BCUT2D eigenvalue weighted by molar-refractivity contribution is 0.979. The standard InChI is InChI=1S/C11H13N7S/c1-6-5-19-8(15-6)2-3-13-9-7-4-14-18-10(7)17-11(12)16-9/h4-5H,2-3H2,1H3,(H4,12,13,14,16,17,18). The summed E-state index contributed by atoms with van der Waals surface area (Å²) in [5.41, 5.74) is 7.35. The van der Waals surface area contributed by atoms with Crippen LogP contribution in [0.15, 0.2) is 11.6 Å². The summed E-state index contributed by atoms with van der Waals surface area (Å²) in [6, 6.07) is 0. The van der Waals surface area contributed by atoms with E-state index in [0.717, 1.165) is 29.1 Å². The number of aromatic amines is 1. The molecule has 3 rings (SSSR count). The number of rotatable bonds is 4. The number of nitrogens with one attached hydrogen (secondary N) is 2. The summed E-state index contributed by atoms with van der Waals surface area (Å²) in [7, 11) is 0. The molecule has 4 N–H and O–H groups in total. The zero-order valence-electron chi connectivity index (χ0n) is 10.3. The van der Waals surface area contributed by atoms with Crippen molar-refractivity contribution in [2.45, 2.75) is 13.3 Å². The van der Waals surface area contributed by atoms with Gasteiger partial charge in [-0.2, -0.15) is 15.1 Å². The second kappa shape index (κ2) is 4.81. The molecular formula is C11H13N7S. The maximum absolute atomic E-state index is 5.65. The predicted molar refractivity (Wildman–Crippen MR) is 75.1 cm³/mol. The Labute approximate surface area is 113 Å². The summed E-state index contributed by atoms with van der Waals surface area (Å²) < 4.78 is 0. The Bertz CT molecular complexity index is 702. The lowest BCUT2D eigenvalue weighted by Crippen LogP contribution is -2.08. The van der Waals surface area contributed by atoms with Crippen molar-refractivity contribution in [3.8, 4) is 0 Å². The number of anilines is 2. The van der Waals surface area contributed by atoms with Gasteiger partial charge in [0, 0.05) is 24.0 Å². The first-order valence-corrected chi connectivity index (χ1v) is 6.72. The normalized spacial score (nSPS) is 11.0. The number of hydrogen-bond acceptors (Lipinski definition) is 7. The average molecular weight is 275 g/mol. The first kappa shape index (κ1) is 11.8. The molecule has 0 radical (unpaired) electrons. The second-order valence-electron chi connectivity index (χ2n) is 4.12. The third-order valence-corrected chi connectivity index (χ3v) is 3.65. The predicted octanol–water partition coefficient (Wildman–Crippen LogP) is 1.35.